The highest BCUT2D eigenvalue weighted by Gasteiger charge is 2.06. The molecule has 0 saturated carbocycles. The number of halogens is 1. The van der Waals surface area contributed by atoms with E-state index in [0.717, 1.165) is 20.9 Å². The predicted molar refractivity (Wildman–Crippen MR) is 82.4 cm³/mol. The number of hydrogen-bond donors (Lipinski definition) is 1. The van der Waals surface area contributed by atoms with Crippen LogP contribution in [0, 0.1) is 0 Å². The largest absolute Gasteiger partial charge is 0.472 e. The Balaban J connectivity index is 1.90. The van der Waals surface area contributed by atoms with Gasteiger partial charge in [-0.05, 0) is 24.3 Å². The third-order valence-corrected chi connectivity index (χ3v) is 3.72. The topological polar surface area (TPSA) is 61.0 Å². The molecule has 0 atom stereocenters. The first-order valence-electron chi connectivity index (χ1n) is 6.10. The lowest BCUT2D eigenvalue weighted by Gasteiger charge is -2.09. The van der Waals surface area contributed by atoms with Crippen LogP contribution in [-0.4, -0.2) is 9.97 Å². The van der Waals surface area contributed by atoms with Crippen molar-refractivity contribution in [3.63, 3.8) is 0 Å². The number of rotatable bonds is 3. The molecule has 0 unspecified atom stereocenters. The molecule has 0 saturated heterocycles. The Morgan fingerprint density at radius 3 is 2.80 bits per heavy atom. The van der Waals surface area contributed by atoms with Crippen LogP contribution in [0.2, 0.25) is 0 Å². The maximum atomic E-state index is 5.80. The van der Waals surface area contributed by atoms with Crippen LogP contribution in [0.3, 0.4) is 0 Å². The first-order chi connectivity index (χ1) is 9.74. The predicted octanol–water partition coefficient (Wildman–Crippen LogP) is 3.55. The van der Waals surface area contributed by atoms with Gasteiger partial charge in [0.2, 0.25) is 5.88 Å². The van der Waals surface area contributed by atoms with Gasteiger partial charge >= 0.3 is 0 Å². The van der Waals surface area contributed by atoms with Crippen LogP contribution < -0.4 is 10.5 Å². The van der Waals surface area contributed by atoms with E-state index in [4.69, 9.17) is 10.5 Å². The van der Waals surface area contributed by atoms with E-state index in [0.29, 0.717) is 18.2 Å². The van der Waals surface area contributed by atoms with Crippen molar-refractivity contribution < 1.29 is 4.74 Å². The van der Waals surface area contributed by atoms with Crippen LogP contribution in [0.5, 0.6) is 5.88 Å². The highest BCUT2D eigenvalue weighted by molar-refractivity contribution is 9.10. The minimum atomic E-state index is 0.442. The zero-order valence-electron chi connectivity index (χ0n) is 10.6. The Kier molecular flexibility index (Phi) is 3.52. The second-order valence-electron chi connectivity index (χ2n) is 4.34. The van der Waals surface area contributed by atoms with E-state index in [1.54, 1.807) is 0 Å². The van der Waals surface area contributed by atoms with Crippen molar-refractivity contribution in [1.82, 2.24) is 9.97 Å². The Hall–Kier alpha value is -2.14. The second kappa shape index (κ2) is 5.46. The minimum absolute atomic E-state index is 0.442. The number of aromatic nitrogens is 2. The number of fused-ring (bicyclic) bond motifs is 1. The fraction of sp³-hybridized carbons (Fsp3) is 0.0667. The molecule has 100 valence electrons. The summed E-state index contributed by atoms with van der Waals surface area (Å²) in [5.41, 5.74) is 8.27. The summed E-state index contributed by atoms with van der Waals surface area (Å²) in [6.07, 6.45) is 1.48. The number of ether oxygens (including phenoxy) is 1. The molecule has 0 bridgehead atoms. The molecule has 1 heterocycles. The number of nitrogen functional groups attached to an aromatic ring is 1. The molecular formula is C15H12BrN3O. The summed E-state index contributed by atoms with van der Waals surface area (Å²) in [5.74, 6) is 0.561. The zero-order chi connectivity index (χ0) is 13.9. The van der Waals surface area contributed by atoms with Crippen molar-refractivity contribution in [2.45, 2.75) is 6.61 Å². The molecule has 5 heteroatoms. The van der Waals surface area contributed by atoms with Gasteiger partial charge in [0.1, 0.15) is 12.9 Å². The van der Waals surface area contributed by atoms with Crippen molar-refractivity contribution in [1.29, 1.82) is 0 Å². The SMILES string of the molecule is Nc1ccc2c(OCc3ccccc3Br)ncnc2c1. The summed E-state index contributed by atoms with van der Waals surface area (Å²) in [5, 5.41) is 0.855. The van der Waals surface area contributed by atoms with E-state index in [1.807, 2.05) is 42.5 Å². The first kappa shape index (κ1) is 12.9. The Morgan fingerprint density at radius 2 is 1.95 bits per heavy atom. The van der Waals surface area contributed by atoms with Gasteiger partial charge in [0.25, 0.3) is 0 Å². The maximum Gasteiger partial charge on any atom is 0.224 e. The van der Waals surface area contributed by atoms with Gasteiger partial charge in [0, 0.05) is 15.7 Å². The number of nitrogens with zero attached hydrogens (tertiary/aromatic N) is 2. The van der Waals surface area contributed by atoms with Crippen LogP contribution in [0.15, 0.2) is 53.3 Å². The molecule has 0 aliphatic heterocycles. The van der Waals surface area contributed by atoms with Gasteiger partial charge < -0.3 is 10.5 Å². The molecule has 1 aromatic heterocycles. The third-order valence-electron chi connectivity index (χ3n) is 2.95. The van der Waals surface area contributed by atoms with Crippen LogP contribution in [0.1, 0.15) is 5.56 Å². The molecule has 2 N–H and O–H groups in total. The van der Waals surface area contributed by atoms with Crippen LogP contribution in [0.25, 0.3) is 10.9 Å². The molecule has 3 aromatic rings. The molecule has 3 rings (SSSR count). The maximum absolute atomic E-state index is 5.80. The van der Waals surface area contributed by atoms with Gasteiger partial charge in [-0.2, -0.15) is 0 Å². The van der Waals surface area contributed by atoms with Crippen molar-refractivity contribution in [2.24, 2.45) is 0 Å². The van der Waals surface area contributed by atoms with Gasteiger partial charge in [-0.3, -0.25) is 0 Å². The van der Waals surface area contributed by atoms with E-state index in [-0.39, 0.29) is 0 Å². The Bertz CT molecular complexity index is 761. The average Bonchev–Trinajstić information content (AvgIpc) is 2.46. The van der Waals surface area contributed by atoms with Gasteiger partial charge in [-0.25, -0.2) is 9.97 Å². The normalized spacial score (nSPS) is 10.7. The summed E-state index contributed by atoms with van der Waals surface area (Å²) in [4.78, 5) is 8.39. The van der Waals surface area contributed by atoms with Gasteiger partial charge in [0.05, 0.1) is 10.9 Å². The lowest BCUT2D eigenvalue weighted by molar-refractivity contribution is 0.297. The molecule has 4 nitrogen and oxygen atoms in total. The molecule has 0 radical (unpaired) electrons. The Morgan fingerprint density at radius 1 is 1.10 bits per heavy atom. The second-order valence-corrected chi connectivity index (χ2v) is 5.19. The van der Waals surface area contributed by atoms with Crippen LogP contribution in [0.4, 0.5) is 5.69 Å². The number of nitrogens with two attached hydrogens (primary N) is 1. The molecule has 0 spiro atoms. The highest BCUT2D eigenvalue weighted by atomic mass is 79.9. The van der Waals surface area contributed by atoms with E-state index in [2.05, 4.69) is 25.9 Å². The molecule has 0 fully saturated rings. The molecule has 20 heavy (non-hydrogen) atoms. The van der Waals surface area contributed by atoms with Crippen molar-refractivity contribution in [2.75, 3.05) is 5.73 Å². The summed E-state index contributed by atoms with van der Waals surface area (Å²) >= 11 is 3.50. The fourth-order valence-corrected chi connectivity index (χ4v) is 2.33. The van der Waals surface area contributed by atoms with Crippen LogP contribution >= 0.6 is 15.9 Å². The van der Waals surface area contributed by atoms with Gasteiger partial charge in [-0.1, -0.05) is 34.1 Å². The summed E-state index contributed by atoms with van der Waals surface area (Å²) < 4.78 is 6.82. The number of anilines is 1. The van der Waals surface area contributed by atoms with Crippen LogP contribution in [-0.2, 0) is 6.61 Å². The summed E-state index contributed by atoms with van der Waals surface area (Å²) in [6.45, 7) is 0.442. The quantitative estimate of drug-likeness (QED) is 0.746. The van der Waals surface area contributed by atoms with Gasteiger partial charge in [0.15, 0.2) is 0 Å². The van der Waals surface area contributed by atoms with E-state index < -0.39 is 0 Å². The summed E-state index contributed by atoms with van der Waals surface area (Å²) in [6, 6.07) is 13.4. The molecule has 0 amide bonds. The third kappa shape index (κ3) is 2.58. The molecule has 0 aliphatic carbocycles. The highest BCUT2D eigenvalue weighted by Crippen LogP contribution is 2.25. The standard InChI is InChI=1S/C15H12BrN3O/c16-13-4-2-1-3-10(13)8-20-15-12-6-5-11(17)7-14(12)18-9-19-15/h1-7,9H,8,17H2. The summed E-state index contributed by atoms with van der Waals surface area (Å²) in [7, 11) is 0. The lowest BCUT2D eigenvalue weighted by Crippen LogP contribution is -1.99. The fourth-order valence-electron chi connectivity index (χ4n) is 1.93. The zero-order valence-corrected chi connectivity index (χ0v) is 12.2. The van der Waals surface area contributed by atoms with E-state index in [9.17, 15) is 0 Å². The smallest absolute Gasteiger partial charge is 0.224 e. The van der Waals surface area contributed by atoms with Crippen molar-refractivity contribution in [3.8, 4) is 5.88 Å². The van der Waals surface area contributed by atoms with E-state index in [1.165, 1.54) is 6.33 Å². The molecular weight excluding hydrogens is 318 g/mol. The molecule has 2 aromatic carbocycles. The average molecular weight is 330 g/mol. The van der Waals surface area contributed by atoms with Crippen molar-refractivity contribution >= 4 is 32.5 Å². The van der Waals surface area contributed by atoms with Gasteiger partial charge in [-0.15, -0.1) is 0 Å². The lowest BCUT2D eigenvalue weighted by atomic mass is 10.2. The van der Waals surface area contributed by atoms with Crippen molar-refractivity contribution in [3.05, 3.63) is 58.8 Å². The van der Waals surface area contributed by atoms with E-state index >= 15 is 0 Å². The monoisotopic (exact) mass is 329 g/mol. The number of benzene rings is 2. The minimum Gasteiger partial charge on any atom is -0.472 e. The molecule has 0 aliphatic rings. The number of hydrogen-bond acceptors (Lipinski definition) is 4. The first-order valence-corrected chi connectivity index (χ1v) is 6.90. The Labute approximate surface area is 124 Å².